The quantitative estimate of drug-likeness (QED) is 0.574. The molecule has 0 aliphatic rings. The van der Waals surface area contributed by atoms with Crippen LogP contribution in [0.3, 0.4) is 0 Å². The molecule has 0 amide bonds. The summed E-state index contributed by atoms with van der Waals surface area (Å²) in [5.41, 5.74) is 5.84. The number of carbonyl (C=O) groups is 1. The lowest BCUT2D eigenvalue weighted by atomic mass is 10.1. The molecule has 0 fully saturated rings. The molecular formula is C15H9F2NO2. The van der Waals surface area contributed by atoms with Gasteiger partial charge in [0.25, 0.3) is 0 Å². The van der Waals surface area contributed by atoms with Crippen LogP contribution in [0.2, 0.25) is 0 Å². The molecular weight excluding hydrogens is 264 g/mol. The highest BCUT2D eigenvalue weighted by Gasteiger charge is 2.16. The van der Waals surface area contributed by atoms with Crippen molar-refractivity contribution >= 4 is 22.4 Å². The van der Waals surface area contributed by atoms with E-state index in [1.54, 1.807) is 0 Å². The lowest BCUT2D eigenvalue weighted by Gasteiger charge is -2.00. The molecule has 0 saturated carbocycles. The number of anilines is 1. The fourth-order valence-corrected chi connectivity index (χ4v) is 1.94. The molecule has 100 valence electrons. The highest BCUT2D eigenvalue weighted by Crippen LogP contribution is 2.23. The first-order chi connectivity index (χ1) is 9.54. The van der Waals surface area contributed by atoms with Gasteiger partial charge in [-0.15, -0.1) is 0 Å². The van der Waals surface area contributed by atoms with Crippen molar-refractivity contribution in [3.63, 3.8) is 0 Å². The van der Waals surface area contributed by atoms with Gasteiger partial charge < -0.3 is 10.2 Å². The summed E-state index contributed by atoms with van der Waals surface area (Å²) in [4.78, 5) is 12.2. The Kier molecular flexibility index (Phi) is 2.75. The Hall–Kier alpha value is -2.69. The number of hydrogen-bond donors (Lipinski definition) is 1. The fourth-order valence-electron chi connectivity index (χ4n) is 1.94. The molecule has 0 unspecified atom stereocenters. The predicted octanol–water partition coefficient (Wildman–Crippen LogP) is 3.52. The van der Waals surface area contributed by atoms with Gasteiger partial charge in [0.15, 0.2) is 5.76 Å². The van der Waals surface area contributed by atoms with Crippen molar-refractivity contribution in [3.05, 3.63) is 65.4 Å². The second-order valence-electron chi connectivity index (χ2n) is 4.36. The number of benzene rings is 2. The van der Waals surface area contributed by atoms with Crippen molar-refractivity contribution in [2.24, 2.45) is 0 Å². The monoisotopic (exact) mass is 273 g/mol. The smallest absolute Gasteiger partial charge is 0.228 e. The Bertz CT molecular complexity index is 824. The summed E-state index contributed by atoms with van der Waals surface area (Å²) in [5, 5.41) is 0.476. The SMILES string of the molecule is Nc1ccc(C(=O)c2cc3cc(F)ccc3o2)cc1F. The topological polar surface area (TPSA) is 56.2 Å². The first kappa shape index (κ1) is 12.3. The zero-order chi connectivity index (χ0) is 14.3. The standard InChI is InChI=1S/C15H9F2NO2/c16-10-2-4-13-9(5-10)7-14(20-13)15(19)8-1-3-12(18)11(17)6-8/h1-7H,18H2. The van der Waals surface area contributed by atoms with Crippen molar-refractivity contribution in [1.29, 1.82) is 0 Å². The average Bonchev–Trinajstić information content (AvgIpc) is 2.84. The molecule has 2 N–H and O–H groups in total. The van der Waals surface area contributed by atoms with E-state index < -0.39 is 17.4 Å². The number of halogens is 2. The van der Waals surface area contributed by atoms with Crippen LogP contribution in [-0.2, 0) is 0 Å². The molecule has 0 saturated heterocycles. The van der Waals surface area contributed by atoms with Gasteiger partial charge in [0, 0.05) is 10.9 Å². The molecule has 0 atom stereocenters. The van der Waals surface area contributed by atoms with Gasteiger partial charge in [0.2, 0.25) is 5.78 Å². The van der Waals surface area contributed by atoms with Crippen LogP contribution in [0, 0.1) is 11.6 Å². The summed E-state index contributed by atoms with van der Waals surface area (Å²) < 4.78 is 31.8. The zero-order valence-electron chi connectivity index (χ0n) is 10.2. The second-order valence-corrected chi connectivity index (χ2v) is 4.36. The number of carbonyl (C=O) groups excluding carboxylic acids is 1. The van der Waals surface area contributed by atoms with Gasteiger partial charge >= 0.3 is 0 Å². The molecule has 1 aromatic heterocycles. The summed E-state index contributed by atoms with van der Waals surface area (Å²) in [5.74, 6) is -1.55. The van der Waals surface area contributed by atoms with Crippen LogP contribution in [0.1, 0.15) is 16.1 Å². The summed E-state index contributed by atoms with van der Waals surface area (Å²) in [6, 6.07) is 9.13. The van der Waals surface area contributed by atoms with E-state index in [1.807, 2.05) is 0 Å². The Balaban J connectivity index is 2.05. The number of furan rings is 1. The molecule has 3 aromatic rings. The molecule has 0 aliphatic heterocycles. The second kappa shape index (κ2) is 4.45. The molecule has 2 aromatic carbocycles. The number of ketones is 1. The van der Waals surface area contributed by atoms with Crippen molar-refractivity contribution in [2.75, 3.05) is 5.73 Å². The van der Waals surface area contributed by atoms with Gasteiger partial charge in [-0.05, 0) is 42.5 Å². The van der Waals surface area contributed by atoms with Crippen LogP contribution in [0.15, 0.2) is 46.9 Å². The lowest BCUT2D eigenvalue weighted by Crippen LogP contribution is -2.01. The maximum Gasteiger partial charge on any atom is 0.228 e. The number of rotatable bonds is 2. The summed E-state index contributed by atoms with van der Waals surface area (Å²) in [7, 11) is 0. The normalized spacial score (nSPS) is 10.9. The molecule has 0 bridgehead atoms. The minimum atomic E-state index is -0.669. The highest BCUT2D eigenvalue weighted by atomic mass is 19.1. The first-order valence-electron chi connectivity index (χ1n) is 5.83. The molecule has 20 heavy (non-hydrogen) atoms. The van der Waals surface area contributed by atoms with Crippen molar-refractivity contribution in [1.82, 2.24) is 0 Å². The van der Waals surface area contributed by atoms with Crippen molar-refractivity contribution < 1.29 is 18.0 Å². The minimum Gasteiger partial charge on any atom is -0.453 e. The number of nitrogens with two attached hydrogens (primary N) is 1. The van der Waals surface area contributed by atoms with Gasteiger partial charge in [-0.1, -0.05) is 0 Å². The van der Waals surface area contributed by atoms with Crippen LogP contribution in [0.25, 0.3) is 11.0 Å². The molecule has 0 radical (unpaired) electrons. The average molecular weight is 273 g/mol. The Labute approximate surface area is 112 Å². The van der Waals surface area contributed by atoms with E-state index in [2.05, 4.69) is 0 Å². The van der Waals surface area contributed by atoms with E-state index >= 15 is 0 Å². The summed E-state index contributed by atoms with van der Waals surface area (Å²) in [6.07, 6.45) is 0. The van der Waals surface area contributed by atoms with E-state index in [0.29, 0.717) is 11.0 Å². The number of fused-ring (bicyclic) bond motifs is 1. The van der Waals surface area contributed by atoms with Crippen LogP contribution in [-0.4, -0.2) is 5.78 Å². The fraction of sp³-hybridized carbons (Fsp3) is 0. The van der Waals surface area contributed by atoms with Crippen LogP contribution >= 0.6 is 0 Å². The molecule has 5 heteroatoms. The molecule has 0 spiro atoms. The Morgan fingerprint density at radius 3 is 2.60 bits per heavy atom. The van der Waals surface area contributed by atoms with Gasteiger partial charge in [0.1, 0.15) is 17.2 Å². The van der Waals surface area contributed by atoms with E-state index in [0.717, 1.165) is 6.07 Å². The lowest BCUT2D eigenvalue weighted by molar-refractivity contribution is 0.101. The molecule has 3 rings (SSSR count). The van der Waals surface area contributed by atoms with E-state index in [9.17, 15) is 13.6 Å². The van der Waals surface area contributed by atoms with Crippen molar-refractivity contribution in [2.45, 2.75) is 0 Å². The van der Waals surface area contributed by atoms with Gasteiger partial charge in [-0.2, -0.15) is 0 Å². The zero-order valence-corrected chi connectivity index (χ0v) is 10.2. The van der Waals surface area contributed by atoms with Crippen LogP contribution in [0.4, 0.5) is 14.5 Å². The maximum atomic E-state index is 13.4. The van der Waals surface area contributed by atoms with Gasteiger partial charge in [-0.25, -0.2) is 8.78 Å². The Morgan fingerprint density at radius 2 is 1.85 bits per heavy atom. The van der Waals surface area contributed by atoms with E-state index in [1.165, 1.54) is 36.4 Å². The van der Waals surface area contributed by atoms with Crippen LogP contribution in [0.5, 0.6) is 0 Å². The molecule has 3 nitrogen and oxygen atoms in total. The van der Waals surface area contributed by atoms with Gasteiger partial charge in [-0.3, -0.25) is 4.79 Å². The number of hydrogen-bond acceptors (Lipinski definition) is 3. The van der Waals surface area contributed by atoms with Crippen LogP contribution < -0.4 is 5.73 Å². The third kappa shape index (κ3) is 2.03. The van der Waals surface area contributed by atoms with Crippen molar-refractivity contribution in [3.8, 4) is 0 Å². The Morgan fingerprint density at radius 1 is 1.05 bits per heavy atom. The summed E-state index contributed by atoms with van der Waals surface area (Å²) >= 11 is 0. The largest absolute Gasteiger partial charge is 0.453 e. The third-order valence-corrected chi connectivity index (χ3v) is 2.96. The number of nitrogen functional groups attached to an aromatic ring is 1. The minimum absolute atomic E-state index is 0.0229. The molecule has 1 heterocycles. The summed E-state index contributed by atoms with van der Waals surface area (Å²) in [6.45, 7) is 0. The van der Waals surface area contributed by atoms with E-state index in [-0.39, 0.29) is 17.0 Å². The predicted molar refractivity (Wildman–Crippen MR) is 70.4 cm³/mol. The highest BCUT2D eigenvalue weighted by molar-refractivity contribution is 6.09. The first-order valence-corrected chi connectivity index (χ1v) is 5.83. The molecule has 0 aliphatic carbocycles. The van der Waals surface area contributed by atoms with E-state index in [4.69, 9.17) is 10.2 Å². The maximum absolute atomic E-state index is 13.4. The van der Waals surface area contributed by atoms with Gasteiger partial charge in [0.05, 0.1) is 5.69 Å². The third-order valence-electron chi connectivity index (χ3n) is 2.96.